The molecule has 32 heavy (non-hydrogen) atoms. The van der Waals surface area contributed by atoms with Crippen LogP contribution in [0.2, 0.25) is 20.1 Å². The van der Waals surface area contributed by atoms with Gasteiger partial charge in [0.2, 0.25) is 5.96 Å². The zero-order valence-electron chi connectivity index (χ0n) is 16.6. The first kappa shape index (κ1) is 22.5. The van der Waals surface area contributed by atoms with E-state index in [1.807, 2.05) is 89.8 Å². The van der Waals surface area contributed by atoms with E-state index < -0.39 is 0 Å². The minimum Gasteiger partial charge on any atom is -0.325 e. The largest absolute Gasteiger partial charge is 0.325 e. The van der Waals surface area contributed by atoms with Crippen LogP contribution in [0.3, 0.4) is 0 Å². The van der Waals surface area contributed by atoms with Crippen molar-refractivity contribution in [3.63, 3.8) is 0 Å². The summed E-state index contributed by atoms with van der Waals surface area (Å²) in [7, 11) is 0. The summed E-state index contributed by atoms with van der Waals surface area (Å²) < 4.78 is 0. The molecule has 0 unspecified atom stereocenters. The summed E-state index contributed by atoms with van der Waals surface area (Å²) in [6, 6.07) is 29.8. The van der Waals surface area contributed by atoms with Gasteiger partial charge in [0, 0.05) is 37.2 Å². The Bertz CT molecular complexity index is 1160. The molecule has 0 bridgehead atoms. The number of benzene rings is 4. The maximum Gasteiger partial charge on any atom is 0.212 e. The summed E-state index contributed by atoms with van der Waals surface area (Å²) >= 11 is 24.4. The van der Waals surface area contributed by atoms with Crippen LogP contribution in [0.25, 0.3) is 0 Å². The van der Waals surface area contributed by atoms with E-state index in [0.717, 1.165) is 22.7 Å². The van der Waals surface area contributed by atoms with Crippen LogP contribution in [0.1, 0.15) is 0 Å². The molecule has 4 aromatic carbocycles. The summed E-state index contributed by atoms with van der Waals surface area (Å²) in [5.41, 5.74) is 3.30. The lowest BCUT2D eigenvalue weighted by molar-refractivity contribution is 1.30. The van der Waals surface area contributed by atoms with E-state index in [2.05, 4.69) is 5.32 Å². The van der Waals surface area contributed by atoms with Crippen molar-refractivity contribution >= 4 is 75.1 Å². The van der Waals surface area contributed by atoms with Gasteiger partial charge in [-0.15, -0.1) is 0 Å². The summed E-state index contributed by atoms with van der Waals surface area (Å²) in [4.78, 5) is 6.87. The molecule has 4 aromatic rings. The van der Waals surface area contributed by atoms with Crippen LogP contribution in [-0.2, 0) is 0 Å². The molecule has 0 atom stereocenters. The Labute approximate surface area is 206 Å². The van der Waals surface area contributed by atoms with Gasteiger partial charge in [-0.2, -0.15) is 0 Å². The van der Waals surface area contributed by atoms with Crippen molar-refractivity contribution in [1.29, 1.82) is 0 Å². The summed E-state index contributed by atoms with van der Waals surface area (Å²) in [5, 5.41) is 6.00. The molecule has 0 amide bonds. The Morgan fingerprint density at radius 1 is 0.531 bits per heavy atom. The van der Waals surface area contributed by atoms with Crippen LogP contribution in [0.5, 0.6) is 0 Å². The lowest BCUT2D eigenvalue weighted by atomic mass is 10.2. The number of rotatable bonds is 4. The summed E-state index contributed by atoms with van der Waals surface area (Å²) in [6.45, 7) is 0. The standard InChI is InChI=1S/C25H17Cl4N3/c26-17-1-9-21(10-2-17)30-25(31-22-11-3-18(27)4-12-22)32(23-13-5-19(28)6-14-23)24-15-7-20(29)8-16-24/h1-16H,(H,30,31). The Hall–Kier alpha value is -2.69. The fourth-order valence-electron chi connectivity index (χ4n) is 3.01. The van der Waals surface area contributed by atoms with E-state index in [1.54, 1.807) is 12.1 Å². The number of nitrogens with zero attached hydrogens (tertiary/aromatic N) is 2. The summed E-state index contributed by atoms with van der Waals surface area (Å²) in [5.74, 6) is 0.569. The van der Waals surface area contributed by atoms with Crippen LogP contribution in [-0.4, -0.2) is 5.96 Å². The first-order valence-corrected chi connectivity index (χ1v) is 11.2. The first-order chi connectivity index (χ1) is 15.5. The van der Waals surface area contributed by atoms with E-state index in [-0.39, 0.29) is 0 Å². The van der Waals surface area contributed by atoms with Crippen molar-refractivity contribution < 1.29 is 0 Å². The number of guanidine groups is 1. The van der Waals surface area contributed by atoms with E-state index in [1.165, 1.54) is 0 Å². The zero-order valence-corrected chi connectivity index (χ0v) is 19.7. The smallest absolute Gasteiger partial charge is 0.212 e. The molecule has 3 nitrogen and oxygen atoms in total. The predicted molar refractivity (Wildman–Crippen MR) is 139 cm³/mol. The minimum atomic E-state index is 0.569. The molecule has 0 radical (unpaired) electrons. The van der Waals surface area contributed by atoms with Crippen LogP contribution in [0.15, 0.2) is 102 Å². The van der Waals surface area contributed by atoms with Crippen molar-refractivity contribution in [3.05, 3.63) is 117 Å². The lowest BCUT2D eigenvalue weighted by Crippen LogP contribution is -2.32. The lowest BCUT2D eigenvalue weighted by Gasteiger charge is -2.27. The molecule has 0 saturated heterocycles. The predicted octanol–water partition coefficient (Wildman–Crippen LogP) is 9.24. The molecule has 160 valence electrons. The second kappa shape index (κ2) is 10.3. The Balaban J connectivity index is 1.86. The summed E-state index contributed by atoms with van der Waals surface area (Å²) in [6.07, 6.45) is 0. The number of halogens is 4. The topological polar surface area (TPSA) is 27.6 Å². The van der Waals surface area contributed by atoms with E-state index >= 15 is 0 Å². The molecular weight excluding hydrogens is 484 g/mol. The SMILES string of the molecule is Clc1ccc(N=C(Nc2ccc(Cl)cc2)N(c2ccc(Cl)cc2)c2ccc(Cl)cc2)cc1. The van der Waals surface area contributed by atoms with Crippen molar-refractivity contribution in [2.75, 3.05) is 10.2 Å². The third-order valence-electron chi connectivity index (χ3n) is 4.54. The van der Waals surface area contributed by atoms with Gasteiger partial charge >= 0.3 is 0 Å². The number of nitrogens with one attached hydrogen (secondary N) is 1. The first-order valence-electron chi connectivity index (χ1n) is 9.66. The molecular formula is C25H17Cl4N3. The quantitative estimate of drug-likeness (QED) is 0.223. The molecule has 0 aromatic heterocycles. The van der Waals surface area contributed by atoms with Crippen molar-refractivity contribution in [2.45, 2.75) is 0 Å². The van der Waals surface area contributed by atoms with Crippen LogP contribution in [0.4, 0.5) is 22.7 Å². The number of aliphatic imine (C=N–C) groups is 1. The van der Waals surface area contributed by atoms with Gasteiger partial charge < -0.3 is 5.32 Å². The molecule has 0 spiro atoms. The average molecular weight is 501 g/mol. The van der Waals surface area contributed by atoms with E-state index in [4.69, 9.17) is 51.4 Å². The monoisotopic (exact) mass is 499 g/mol. The highest BCUT2D eigenvalue weighted by Crippen LogP contribution is 2.30. The second-order valence-corrected chi connectivity index (χ2v) is 8.58. The fourth-order valence-corrected chi connectivity index (χ4v) is 3.51. The van der Waals surface area contributed by atoms with Crippen molar-refractivity contribution in [2.24, 2.45) is 4.99 Å². The molecule has 0 heterocycles. The van der Waals surface area contributed by atoms with Crippen LogP contribution >= 0.6 is 46.4 Å². The minimum absolute atomic E-state index is 0.569. The van der Waals surface area contributed by atoms with Gasteiger partial charge in [0.25, 0.3) is 0 Å². The van der Waals surface area contributed by atoms with Gasteiger partial charge in [0.15, 0.2) is 0 Å². The molecule has 0 aliphatic carbocycles. The maximum absolute atomic E-state index is 6.15. The third-order valence-corrected chi connectivity index (χ3v) is 5.55. The normalized spacial score (nSPS) is 11.3. The molecule has 1 N–H and O–H groups in total. The van der Waals surface area contributed by atoms with Gasteiger partial charge in [0.05, 0.1) is 5.69 Å². The number of hydrogen-bond donors (Lipinski definition) is 1. The van der Waals surface area contributed by atoms with Gasteiger partial charge in [-0.1, -0.05) is 46.4 Å². The molecule has 7 heteroatoms. The molecule has 0 aliphatic heterocycles. The van der Waals surface area contributed by atoms with Crippen LogP contribution < -0.4 is 10.2 Å². The van der Waals surface area contributed by atoms with Crippen molar-refractivity contribution in [3.8, 4) is 0 Å². The number of hydrogen-bond acceptors (Lipinski definition) is 1. The Morgan fingerprint density at radius 3 is 1.34 bits per heavy atom. The fraction of sp³-hybridized carbons (Fsp3) is 0. The molecule has 4 rings (SSSR count). The highest BCUT2D eigenvalue weighted by atomic mass is 35.5. The van der Waals surface area contributed by atoms with Gasteiger partial charge in [-0.25, -0.2) is 4.99 Å². The zero-order chi connectivity index (χ0) is 22.5. The van der Waals surface area contributed by atoms with Gasteiger partial charge in [0.1, 0.15) is 0 Å². The third kappa shape index (κ3) is 5.76. The van der Waals surface area contributed by atoms with Crippen LogP contribution in [0, 0.1) is 0 Å². The van der Waals surface area contributed by atoms with E-state index in [9.17, 15) is 0 Å². The second-order valence-electron chi connectivity index (χ2n) is 6.83. The molecule has 0 aliphatic rings. The Morgan fingerprint density at radius 2 is 0.906 bits per heavy atom. The highest BCUT2D eigenvalue weighted by molar-refractivity contribution is 6.31. The van der Waals surface area contributed by atoms with Gasteiger partial charge in [-0.3, -0.25) is 4.90 Å². The van der Waals surface area contributed by atoms with E-state index in [0.29, 0.717) is 26.1 Å². The Kier molecular flexibility index (Phi) is 7.23. The maximum atomic E-state index is 6.15. The molecule has 0 fully saturated rings. The molecule has 0 saturated carbocycles. The average Bonchev–Trinajstić information content (AvgIpc) is 2.79. The van der Waals surface area contributed by atoms with Crippen molar-refractivity contribution in [1.82, 2.24) is 0 Å². The highest BCUT2D eigenvalue weighted by Gasteiger charge is 2.17. The van der Waals surface area contributed by atoms with Gasteiger partial charge in [-0.05, 0) is 97.1 Å². The number of anilines is 3.